The van der Waals surface area contributed by atoms with Crippen molar-refractivity contribution < 1.29 is 17.9 Å². The Balaban J connectivity index is 2.19. The Hall–Kier alpha value is -1.96. The number of nitrogens with two attached hydrogens (primary N) is 1. The third-order valence-corrected chi connectivity index (χ3v) is 2.80. The molecule has 0 unspecified atom stereocenters. The SMILES string of the molecule is Nc1cnc(Nc2cccc(OC(F)(F)F)c2)c(Br)c1. The Labute approximate surface area is 120 Å². The molecular weight excluding hydrogens is 339 g/mol. The molecule has 8 heteroatoms. The summed E-state index contributed by atoms with van der Waals surface area (Å²) in [5.74, 6) is 0.123. The van der Waals surface area contributed by atoms with Crippen LogP contribution in [0.25, 0.3) is 0 Å². The summed E-state index contributed by atoms with van der Waals surface area (Å²) < 4.78 is 40.8. The molecule has 0 fully saturated rings. The summed E-state index contributed by atoms with van der Waals surface area (Å²) in [5.41, 5.74) is 6.43. The number of halogens is 4. The Kier molecular flexibility index (Phi) is 4.03. The van der Waals surface area contributed by atoms with Gasteiger partial charge in [0.2, 0.25) is 0 Å². The number of anilines is 3. The highest BCUT2D eigenvalue weighted by molar-refractivity contribution is 9.10. The van der Waals surface area contributed by atoms with Crippen molar-refractivity contribution in [2.75, 3.05) is 11.1 Å². The smallest absolute Gasteiger partial charge is 0.406 e. The van der Waals surface area contributed by atoms with Crippen LogP contribution in [0, 0.1) is 0 Å². The maximum Gasteiger partial charge on any atom is 0.573 e. The highest BCUT2D eigenvalue weighted by atomic mass is 79.9. The zero-order chi connectivity index (χ0) is 14.8. The van der Waals surface area contributed by atoms with Gasteiger partial charge in [-0.15, -0.1) is 13.2 Å². The van der Waals surface area contributed by atoms with E-state index >= 15 is 0 Å². The third-order valence-electron chi connectivity index (χ3n) is 2.19. The minimum absolute atomic E-state index is 0.311. The molecule has 0 radical (unpaired) electrons. The van der Waals surface area contributed by atoms with Crippen LogP contribution in [-0.2, 0) is 0 Å². The van der Waals surface area contributed by atoms with Crippen molar-refractivity contribution in [1.82, 2.24) is 4.98 Å². The summed E-state index contributed by atoms with van der Waals surface area (Å²) in [5, 5.41) is 2.86. The molecule has 1 aromatic carbocycles. The maximum absolute atomic E-state index is 12.1. The third kappa shape index (κ3) is 4.02. The number of ether oxygens (including phenoxy) is 1. The van der Waals surface area contributed by atoms with E-state index in [4.69, 9.17) is 5.73 Å². The summed E-state index contributed by atoms with van der Waals surface area (Å²) in [6, 6.07) is 7.09. The molecule has 0 spiro atoms. The summed E-state index contributed by atoms with van der Waals surface area (Å²) in [4.78, 5) is 4.03. The van der Waals surface area contributed by atoms with Gasteiger partial charge in [-0.25, -0.2) is 4.98 Å². The van der Waals surface area contributed by atoms with Crippen LogP contribution in [0.4, 0.5) is 30.4 Å². The van der Waals surface area contributed by atoms with Crippen molar-refractivity contribution in [3.63, 3.8) is 0 Å². The molecule has 3 N–H and O–H groups in total. The lowest BCUT2D eigenvalue weighted by atomic mass is 10.3. The number of benzene rings is 1. The van der Waals surface area contributed by atoms with E-state index in [-0.39, 0.29) is 5.75 Å². The van der Waals surface area contributed by atoms with Gasteiger partial charge in [-0.1, -0.05) is 6.07 Å². The quantitative estimate of drug-likeness (QED) is 0.878. The largest absolute Gasteiger partial charge is 0.573 e. The van der Waals surface area contributed by atoms with Crippen molar-refractivity contribution >= 4 is 33.1 Å². The van der Waals surface area contributed by atoms with E-state index in [1.807, 2.05) is 0 Å². The van der Waals surface area contributed by atoms with Crippen LogP contribution in [0.2, 0.25) is 0 Å². The first-order chi connectivity index (χ1) is 9.33. The zero-order valence-corrected chi connectivity index (χ0v) is 11.5. The van der Waals surface area contributed by atoms with E-state index < -0.39 is 6.36 Å². The van der Waals surface area contributed by atoms with Gasteiger partial charge < -0.3 is 15.8 Å². The molecular formula is C12H9BrF3N3O. The first-order valence-electron chi connectivity index (χ1n) is 5.37. The van der Waals surface area contributed by atoms with Gasteiger partial charge in [0.15, 0.2) is 0 Å². The number of alkyl halides is 3. The number of aromatic nitrogens is 1. The number of hydrogen-bond donors (Lipinski definition) is 2. The molecule has 0 saturated carbocycles. The average Bonchev–Trinajstić information content (AvgIpc) is 2.31. The van der Waals surface area contributed by atoms with Crippen molar-refractivity contribution in [2.45, 2.75) is 6.36 Å². The van der Waals surface area contributed by atoms with E-state index in [1.165, 1.54) is 24.4 Å². The Morgan fingerprint density at radius 1 is 1.25 bits per heavy atom. The molecule has 1 heterocycles. The second-order valence-electron chi connectivity index (χ2n) is 3.80. The second-order valence-corrected chi connectivity index (χ2v) is 4.65. The molecule has 20 heavy (non-hydrogen) atoms. The Morgan fingerprint density at radius 2 is 2.00 bits per heavy atom. The summed E-state index contributed by atoms with van der Waals surface area (Å²) >= 11 is 3.26. The van der Waals surface area contributed by atoms with Crippen LogP contribution < -0.4 is 15.8 Å². The summed E-state index contributed by atoms with van der Waals surface area (Å²) in [6.07, 6.45) is -3.29. The zero-order valence-electron chi connectivity index (χ0n) is 9.91. The van der Waals surface area contributed by atoms with E-state index in [1.54, 1.807) is 12.1 Å². The molecule has 1 aromatic heterocycles. The first-order valence-corrected chi connectivity index (χ1v) is 6.17. The van der Waals surface area contributed by atoms with E-state index in [0.717, 1.165) is 0 Å². The molecule has 0 atom stereocenters. The van der Waals surface area contributed by atoms with Gasteiger partial charge in [-0.05, 0) is 34.1 Å². The maximum atomic E-state index is 12.1. The van der Waals surface area contributed by atoms with Crippen LogP contribution >= 0.6 is 15.9 Å². The molecule has 0 amide bonds. The fourth-order valence-electron chi connectivity index (χ4n) is 1.45. The predicted molar refractivity (Wildman–Crippen MR) is 72.8 cm³/mol. The van der Waals surface area contributed by atoms with Gasteiger partial charge in [0.05, 0.1) is 16.4 Å². The standard InChI is InChI=1S/C12H9BrF3N3O/c13-10-4-7(17)6-18-11(10)19-8-2-1-3-9(5-8)20-12(14,15)16/h1-6H,17H2,(H,18,19). The summed E-state index contributed by atoms with van der Waals surface area (Å²) in [6.45, 7) is 0. The highest BCUT2D eigenvalue weighted by Gasteiger charge is 2.31. The Bertz CT molecular complexity index is 619. The minimum Gasteiger partial charge on any atom is -0.406 e. The number of nitrogens with zero attached hydrogens (tertiary/aromatic N) is 1. The normalized spacial score (nSPS) is 11.2. The number of pyridine rings is 1. The molecule has 0 saturated heterocycles. The lowest BCUT2D eigenvalue weighted by molar-refractivity contribution is -0.274. The summed E-state index contributed by atoms with van der Waals surface area (Å²) in [7, 11) is 0. The van der Waals surface area contributed by atoms with Crippen molar-refractivity contribution in [2.24, 2.45) is 0 Å². The molecule has 106 valence electrons. The van der Waals surface area contributed by atoms with Gasteiger partial charge in [0.1, 0.15) is 11.6 Å². The van der Waals surface area contributed by atoms with Crippen molar-refractivity contribution in [3.8, 4) is 5.75 Å². The lowest BCUT2D eigenvalue weighted by Gasteiger charge is -2.11. The van der Waals surface area contributed by atoms with Crippen molar-refractivity contribution in [3.05, 3.63) is 41.0 Å². The number of nitrogen functional groups attached to an aromatic ring is 1. The van der Waals surface area contributed by atoms with Crippen LogP contribution in [0.3, 0.4) is 0 Å². The van der Waals surface area contributed by atoms with Gasteiger partial charge in [0.25, 0.3) is 0 Å². The van der Waals surface area contributed by atoms with Gasteiger partial charge in [-0.3, -0.25) is 0 Å². The molecule has 0 aliphatic carbocycles. The molecule has 0 aliphatic rings. The average molecular weight is 348 g/mol. The number of hydrogen-bond acceptors (Lipinski definition) is 4. The van der Waals surface area contributed by atoms with E-state index in [0.29, 0.717) is 21.7 Å². The molecule has 0 aliphatic heterocycles. The lowest BCUT2D eigenvalue weighted by Crippen LogP contribution is -2.17. The topological polar surface area (TPSA) is 60.2 Å². The van der Waals surface area contributed by atoms with Gasteiger partial charge in [0, 0.05) is 11.8 Å². The monoisotopic (exact) mass is 347 g/mol. The van der Waals surface area contributed by atoms with Crippen LogP contribution in [0.15, 0.2) is 41.0 Å². The Morgan fingerprint density at radius 3 is 2.65 bits per heavy atom. The van der Waals surface area contributed by atoms with Crippen LogP contribution in [-0.4, -0.2) is 11.3 Å². The fraction of sp³-hybridized carbons (Fsp3) is 0.0833. The van der Waals surface area contributed by atoms with E-state index in [2.05, 4.69) is 31.0 Å². The van der Waals surface area contributed by atoms with Gasteiger partial charge >= 0.3 is 6.36 Å². The predicted octanol–water partition coefficient (Wildman–Crippen LogP) is 4.07. The van der Waals surface area contributed by atoms with Crippen molar-refractivity contribution in [1.29, 1.82) is 0 Å². The van der Waals surface area contributed by atoms with E-state index in [9.17, 15) is 13.2 Å². The second kappa shape index (κ2) is 5.58. The highest BCUT2D eigenvalue weighted by Crippen LogP contribution is 2.29. The van der Waals surface area contributed by atoms with Crippen LogP contribution in [0.5, 0.6) is 5.75 Å². The molecule has 0 bridgehead atoms. The molecule has 2 rings (SSSR count). The number of nitrogens with one attached hydrogen (secondary N) is 1. The molecule has 2 aromatic rings. The fourth-order valence-corrected chi connectivity index (χ4v) is 1.92. The van der Waals surface area contributed by atoms with Crippen LogP contribution in [0.1, 0.15) is 0 Å². The molecule has 4 nitrogen and oxygen atoms in total. The van der Waals surface area contributed by atoms with Gasteiger partial charge in [-0.2, -0.15) is 0 Å². The minimum atomic E-state index is -4.72. The number of rotatable bonds is 3. The first kappa shape index (κ1) is 14.4.